The fourth-order valence-electron chi connectivity index (χ4n) is 1.47. The SMILES string of the molecule is Nc1c(F)ccc2[nH]cc(C(=O)O)c(=O)c12. The van der Waals surface area contributed by atoms with E-state index in [2.05, 4.69) is 4.98 Å². The molecule has 1 aromatic heterocycles. The minimum Gasteiger partial charge on any atom is -0.477 e. The van der Waals surface area contributed by atoms with E-state index in [0.29, 0.717) is 5.52 Å². The molecule has 82 valence electrons. The number of rotatable bonds is 1. The molecule has 0 aliphatic rings. The van der Waals surface area contributed by atoms with E-state index < -0.39 is 22.8 Å². The van der Waals surface area contributed by atoms with Gasteiger partial charge in [-0.05, 0) is 12.1 Å². The minimum absolute atomic E-state index is 0.139. The van der Waals surface area contributed by atoms with Crippen LogP contribution in [-0.2, 0) is 0 Å². The van der Waals surface area contributed by atoms with Crippen LogP contribution in [0.4, 0.5) is 10.1 Å². The van der Waals surface area contributed by atoms with E-state index in [1.165, 1.54) is 6.07 Å². The van der Waals surface area contributed by atoms with Gasteiger partial charge in [-0.1, -0.05) is 0 Å². The van der Waals surface area contributed by atoms with Gasteiger partial charge in [0.2, 0.25) is 5.43 Å². The van der Waals surface area contributed by atoms with Crippen molar-refractivity contribution in [1.82, 2.24) is 4.98 Å². The largest absolute Gasteiger partial charge is 0.477 e. The molecule has 2 aromatic rings. The van der Waals surface area contributed by atoms with Crippen LogP contribution in [0.5, 0.6) is 0 Å². The number of hydrogen-bond acceptors (Lipinski definition) is 3. The number of hydrogen-bond donors (Lipinski definition) is 3. The third kappa shape index (κ3) is 1.31. The summed E-state index contributed by atoms with van der Waals surface area (Å²) in [5.74, 6) is -2.13. The van der Waals surface area contributed by atoms with Crippen molar-refractivity contribution >= 4 is 22.6 Å². The third-order valence-electron chi connectivity index (χ3n) is 2.27. The van der Waals surface area contributed by atoms with Gasteiger partial charge in [0.25, 0.3) is 0 Å². The van der Waals surface area contributed by atoms with Crippen molar-refractivity contribution < 1.29 is 14.3 Å². The van der Waals surface area contributed by atoms with Gasteiger partial charge in [0, 0.05) is 6.20 Å². The minimum atomic E-state index is -1.38. The molecule has 1 heterocycles. The van der Waals surface area contributed by atoms with E-state index >= 15 is 0 Å². The molecule has 0 atom stereocenters. The van der Waals surface area contributed by atoms with Crippen molar-refractivity contribution in [3.05, 3.63) is 39.9 Å². The van der Waals surface area contributed by atoms with Gasteiger partial charge in [-0.25, -0.2) is 9.18 Å². The Labute approximate surface area is 88.3 Å². The number of anilines is 1. The third-order valence-corrected chi connectivity index (χ3v) is 2.27. The fourth-order valence-corrected chi connectivity index (χ4v) is 1.47. The predicted molar refractivity (Wildman–Crippen MR) is 55.9 cm³/mol. The molecule has 5 nitrogen and oxygen atoms in total. The molecule has 1 aromatic carbocycles. The van der Waals surface area contributed by atoms with Crippen LogP contribution in [0.15, 0.2) is 23.1 Å². The smallest absolute Gasteiger partial charge is 0.341 e. The molecule has 4 N–H and O–H groups in total. The second-order valence-electron chi connectivity index (χ2n) is 3.22. The predicted octanol–water partition coefficient (Wildman–Crippen LogP) is 0.948. The van der Waals surface area contributed by atoms with Crippen molar-refractivity contribution in [3.63, 3.8) is 0 Å². The van der Waals surface area contributed by atoms with Crippen molar-refractivity contribution in [2.24, 2.45) is 0 Å². The van der Waals surface area contributed by atoms with Crippen LogP contribution >= 0.6 is 0 Å². The van der Waals surface area contributed by atoms with Crippen molar-refractivity contribution in [2.45, 2.75) is 0 Å². The molecular weight excluding hydrogens is 215 g/mol. The van der Waals surface area contributed by atoms with Crippen molar-refractivity contribution in [3.8, 4) is 0 Å². The average Bonchev–Trinajstić information content (AvgIpc) is 2.23. The molecule has 0 saturated heterocycles. The summed E-state index contributed by atoms with van der Waals surface area (Å²) in [6.07, 6.45) is 1.06. The number of nitrogens with two attached hydrogens (primary N) is 1. The van der Waals surface area contributed by atoms with Gasteiger partial charge in [0.05, 0.1) is 16.6 Å². The Hall–Kier alpha value is -2.37. The summed E-state index contributed by atoms with van der Waals surface area (Å²) in [5, 5.41) is 8.59. The first-order valence-electron chi connectivity index (χ1n) is 4.35. The van der Waals surface area contributed by atoms with Gasteiger partial charge in [-0.15, -0.1) is 0 Å². The second kappa shape index (κ2) is 3.34. The van der Waals surface area contributed by atoms with Gasteiger partial charge in [0.15, 0.2) is 0 Å². The molecular formula is C10H7FN2O3. The Morgan fingerprint density at radius 3 is 2.75 bits per heavy atom. The molecule has 2 rings (SSSR count). The molecule has 6 heteroatoms. The zero-order valence-corrected chi connectivity index (χ0v) is 7.95. The Morgan fingerprint density at radius 1 is 1.44 bits per heavy atom. The highest BCUT2D eigenvalue weighted by Gasteiger charge is 2.14. The number of nitrogen functional groups attached to an aromatic ring is 1. The van der Waals surface area contributed by atoms with Crippen LogP contribution in [0, 0.1) is 5.82 Å². The maximum Gasteiger partial charge on any atom is 0.341 e. The van der Waals surface area contributed by atoms with Crippen LogP contribution in [-0.4, -0.2) is 16.1 Å². The topological polar surface area (TPSA) is 96.2 Å². The van der Waals surface area contributed by atoms with Crippen LogP contribution in [0.1, 0.15) is 10.4 Å². The Kier molecular flexibility index (Phi) is 2.12. The Morgan fingerprint density at radius 2 is 2.12 bits per heavy atom. The van der Waals surface area contributed by atoms with Gasteiger partial charge in [0.1, 0.15) is 11.4 Å². The normalized spacial score (nSPS) is 10.6. The number of aromatic nitrogens is 1. The number of halogens is 1. The quantitative estimate of drug-likeness (QED) is 0.626. The number of aromatic amines is 1. The lowest BCUT2D eigenvalue weighted by atomic mass is 10.1. The van der Waals surface area contributed by atoms with E-state index in [-0.39, 0.29) is 11.1 Å². The van der Waals surface area contributed by atoms with Crippen LogP contribution in [0.25, 0.3) is 10.9 Å². The standard InChI is InChI=1S/C10H7FN2O3/c11-5-1-2-6-7(8(5)12)9(14)4(3-13-6)10(15)16/h1-3H,12H2,(H,13,14)(H,15,16). The summed E-state index contributed by atoms with van der Waals surface area (Å²) in [4.78, 5) is 25.0. The van der Waals surface area contributed by atoms with E-state index in [9.17, 15) is 14.0 Å². The number of carboxylic acids is 1. The lowest BCUT2D eigenvalue weighted by Crippen LogP contribution is -2.16. The number of fused-ring (bicyclic) bond motifs is 1. The summed E-state index contributed by atoms with van der Waals surface area (Å²) in [5.41, 5.74) is 4.09. The monoisotopic (exact) mass is 222 g/mol. The van der Waals surface area contributed by atoms with E-state index in [4.69, 9.17) is 10.8 Å². The van der Waals surface area contributed by atoms with Crippen LogP contribution in [0.3, 0.4) is 0 Å². The van der Waals surface area contributed by atoms with Crippen molar-refractivity contribution in [1.29, 1.82) is 0 Å². The van der Waals surface area contributed by atoms with Crippen LogP contribution in [0.2, 0.25) is 0 Å². The zero-order chi connectivity index (χ0) is 11.9. The number of H-pyrrole nitrogens is 1. The number of pyridine rings is 1. The van der Waals surface area contributed by atoms with Crippen molar-refractivity contribution in [2.75, 3.05) is 5.73 Å². The molecule has 0 unspecified atom stereocenters. The highest BCUT2D eigenvalue weighted by Crippen LogP contribution is 2.19. The van der Waals surface area contributed by atoms with Gasteiger partial charge >= 0.3 is 5.97 Å². The molecule has 0 aliphatic heterocycles. The summed E-state index contributed by atoms with van der Waals surface area (Å²) in [6, 6.07) is 2.43. The maximum absolute atomic E-state index is 13.1. The molecule has 16 heavy (non-hydrogen) atoms. The highest BCUT2D eigenvalue weighted by atomic mass is 19.1. The number of benzene rings is 1. The average molecular weight is 222 g/mol. The number of carboxylic acid groups (broad SMARTS) is 1. The molecule has 0 bridgehead atoms. The van der Waals surface area contributed by atoms with Gasteiger partial charge in [-0.2, -0.15) is 0 Å². The number of carbonyl (C=O) groups is 1. The molecule has 0 spiro atoms. The lowest BCUT2D eigenvalue weighted by Gasteiger charge is -2.03. The molecule has 0 aliphatic carbocycles. The maximum atomic E-state index is 13.1. The van der Waals surface area contributed by atoms with E-state index in [1.54, 1.807) is 0 Å². The number of aromatic carboxylic acids is 1. The Bertz CT molecular complexity index is 648. The highest BCUT2D eigenvalue weighted by molar-refractivity contribution is 5.96. The van der Waals surface area contributed by atoms with Crippen LogP contribution < -0.4 is 11.2 Å². The fraction of sp³-hybridized carbons (Fsp3) is 0. The summed E-state index contributed by atoms with van der Waals surface area (Å²) < 4.78 is 13.1. The van der Waals surface area contributed by atoms with E-state index in [0.717, 1.165) is 12.3 Å². The molecule has 0 saturated carbocycles. The Balaban J connectivity index is 2.98. The first kappa shape index (κ1) is 10.2. The number of nitrogens with one attached hydrogen (secondary N) is 1. The first-order chi connectivity index (χ1) is 7.52. The zero-order valence-electron chi connectivity index (χ0n) is 7.95. The first-order valence-corrected chi connectivity index (χ1v) is 4.35. The van der Waals surface area contributed by atoms with Gasteiger partial charge in [-0.3, -0.25) is 4.79 Å². The summed E-state index contributed by atoms with van der Waals surface area (Å²) in [7, 11) is 0. The lowest BCUT2D eigenvalue weighted by molar-refractivity contribution is 0.0695. The second-order valence-corrected chi connectivity index (χ2v) is 3.22. The van der Waals surface area contributed by atoms with E-state index in [1.807, 2.05) is 0 Å². The summed E-state index contributed by atoms with van der Waals surface area (Å²) >= 11 is 0. The molecule has 0 fully saturated rings. The van der Waals surface area contributed by atoms with Gasteiger partial charge < -0.3 is 15.8 Å². The summed E-state index contributed by atoms with van der Waals surface area (Å²) in [6.45, 7) is 0. The molecule has 0 amide bonds. The molecule has 0 radical (unpaired) electrons.